The van der Waals surface area contributed by atoms with Crippen LogP contribution in [-0.4, -0.2) is 60.9 Å². The Morgan fingerprint density at radius 2 is 1.27 bits per heavy atom. The van der Waals surface area contributed by atoms with E-state index in [2.05, 4.69) is 11.8 Å². The fraction of sp³-hybridized carbons (Fsp3) is 0.935. The molecule has 0 heterocycles. The Kier molecular flexibility index (Phi) is 21.9. The van der Waals surface area contributed by atoms with E-state index in [-0.39, 0.29) is 24.6 Å². The second-order valence-electron chi connectivity index (χ2n) is 11.1. The van der Waals surface area contributed by atoms with Crippen LogP contribution in [0.1, 0.15) is 142 Å². The zero-order valence-electron chi connectivity index (χ0n) is 24.4. The summed E-state index contributed by atoms with van der Waals surface area (Å²) in [5.74, 6) is 0.775. The van der Waals surface area contributed by atoms with Gasteiger partial charge in [-0.05, 0) is 76.8 Å². The lowest BCUT2D eigenvalue weighted by molar-refractivity contribution is -0.151. The van der Waals surface area contributed by atoms with Crippen LogP contribution in [0.3, 0.4) is 0 Å². The predicted octanol–water partition coefficient (Wildman–Crippen LogP) is 7.21. The van der Waals surface area contributed by atoms with Crippen molar-refractivity contribution in [2.45, 2.75) is 148 Å². The minimum Gasteiger partial charge on any atom is -0.466 e. The average Bonchev–Trinajstić information content (AvgIpc) is 2.90. The molecule has 1 rings (SSSR count). The number of carbonyl (C=O) groups excluding carboxylic acids is 2. The van der Waals surface area contributed by atoms with E-state index in [9.17, 15) is 14.7 Å². The highest BCUT2D eigenvalue weighted by atomic mass is 16.5. The van der Waals surface area contributed by atoms with Crippen LogP contribution in [0.5, 0.6) is 0 Å². The van der Waals surface area contributed by atoms with Gasteiger partial charge >= 0.3 is 11.9 Å². The van der Waals surface area contributed by atoms with Crippen LogP contribution < -0.4 is 0 Å². The summed E-state index contributed by atoms with van der Waals surface area (Å²) in [6.07, 6.45) is 21.6. The number of ether oxygens (including phenoxy) is 2. The van der Waals surface area contributed by atoms with Crippen molar-refractivity contribution in [3.8, 4) is 0 Å². The molecule has 1 aliphatic carbocycles. The minimum absolute atomic E-state index is 0.0133. The SMILES string of the molecule is CCCCC1CCC(OC(=O)CCCCCN(CCO)CCCCCCCCCC(=O)OCCC)CC1. The number of carbonyl (C=O) groups is 2. The maximum absolute atomic E-state index is 12.2. The van der Waals surface area contributed by atoms with Crippen LogP contribution in [0.15, 0.2) is 0 Å². The zero-order chi connectivity index (χ0) is 27.0. The van der Waals surface area contributed by atoms with Crippen molar-refractivity contribution in [3.05, 3.63) is 0 Å². The molecule has 0 aromatic heterocycles. The lowest BCUT2D eigenvalue weighted by Gasteiger charge is -2.28. The summed E-state index contributed by atoms with van der Waals surface area (Å²) in [6, 6.07) is 0. The third-order valence-electron chi connectivity index (χ3n) is 7.65. The number of nitrogens with zero attached hydrogens (tertiary/aromatic N) is 1. The molecule has 1 fully saturated rings. The molecular formula is C31H59NO5. The van der Waals surface area contributed by atoms with Crippen molar-refractivity contribution >= 4 is 11.9 Å². The summed E-state index contributed by atoms with van der Waals surface area (Å²) in [5.41, 5.74) is 0. The molecule has 6 nitrogen and oxygen atoms in total. The highest BCUT2D eigenvalue weighted by Gasteiger charge is 2.23. The van der Waals surface area contributed by atoms with Crippen molar-refractivity contribution in [2.24, 2.45) is 5.92 Å². The Morgan fingerprint density at radius 3 is 1.86 bits per heavy atom. The summed E-state index contributed by atoms with van der Waals surface area (Å²) < 4.78 is 10.8. The molecule has 0 bridgehead atoms. The normalized spacial score (nSPS) is 17.7. The van der Waals surface area contributed by atoms with Gasteiger partial charge in [0.15, 0.2) is 0 Å². The van der Waals surface area contributed by atoms with Gasteiger partial charge < -0.3 is 19.5 Å². The van der Waals surface area contributed by atoms with Gasteiger partial charge in [-0.25, -0.2) is 0 Å². The van der Waals surface area contributed by atoms with Gasteiger partial charge in [-0.2, -0.15) is 0 Å². The van der Waals surface area contributed by atoms with Gasteiger partial charge in [0.25, 0.3) is 0 Å². The molecule has 0 spiro atoms. The molecule has 1 N–H and O–H groups in total. The van der Waals surface area contributed by atoms with Crippen molar-refractivity contribution in [1.29, 1.82) is 0 Å². The van der Waals surface area contributed by atoms with Gasteiger partial charge in [0.1, 0.15) is 6.10 Å². The quantitative estimate of drug-likeness (QED) is 0.106. The van der Waals surface area contributed by atoms with Crippen molar-refractivity contribution < 1.29 is 24.2 Å². The van der Waals surface area contributed by atoms with E-state index < -0.39 is 0 Å². The summed E-state index contributed by atoms with van der Waals surface area (Å²) in [4.78, 5) is 26.1. The third-order valence-corrected chi connectivity index (χ3v) is 7.65. The summed E-state index contributed by atoms with van der Waals surface area (Å²) >= 11 is 0. The molecule has 0 aliphatic heterocycles. The number of hydrogen-bond donors (Lipinski definition) is 1. The Morgan fingerprint density at radius 1 is 0.703 bits per heavy atom. The van der Waals surface area contributed by atoms with Crippen LogP contribution in [0.2, 0.25) is 0 Å². The molecule has 0 unspecified atom stereocenters. The van der Waals surface area contributed by atoms with Crippen LogP contribution in [0.4, 0.5) is 0 Å². The first kappa shape index (κ1) is 33.9. The predicted molar refractivity (Wildman–Crippen MR) is 152 cm³/mol. The number of hydrogen-bond acceptors (Lipinski definition) is 6. The maximum atomic E-state index is 12.2. The molecule has 6 heteroatoms. The first-order valence-corrected chi connectivity index (χ1v) is 15.8. The largest absolute Gasteiger partial charge is 0.466 e. The highest BCUT2D eigenvalue weighted by molar-refractivity contribution is 5.69. The van der Waals surface area contributed by atoms with Crippen LogP contribution in [0.25, 0.3) is 0 Å². The van der Waals surface area contributed by atoms with Crippen molar-refractivity contribution in [1.82, 2.24) is 4.90 Å². The maximum Gasteiger partial charge on any atom is 0.306 e. The van der Waals surface area contributed by atoms with Gasteiger partial charge in [0, 0.05) is 19.4 Å². The van der Waals surface area contributed by atoms with Gasteiger partial charge in [0.05, 0.1) is 13.2 Å². The van der Waals surface area contributed by atoms with E-state index in [1.165, 1.54) is 57.8 Å². The summed E-state index contributed by atoms with van der Waals surface area (Å²) in [5, 5.41) is 9.40. The van der Waals surface area contributed by atoms with Gasteiger partial charge in [-0.3, -0.25) is 9.59 Å². The first-order valence-electron chi connectivity index (χ1n) is 15.8. The van der Waals surface area contributed by atoms with E-state index >= 15 is 0 Å². The molecule has 0 amide bonds. The third kappa shape index (κ3) is 19.6. The molecule has 37 heavy (non-hydrogen) atoms. The Bertz CT molecular complexity index is 548. The zero-order valence-corrected chi connectivity index (χ0v) is 24.4. The topological polar surface area (TPSA) is 76.1 Å². The fourth-order valence-corrected chi connectivity index (χ4v) is 5.31. The number of aliphatic hydroxyl groups is 1. The Hall–Kier alpha value is -1.14. The van der Waals surface area contributed by atoms with Crippen molar-refractivity contribution in [3.63, 3.8) is 0 Å². The first-order chi connectivity index (χ1) is 18.1. The van der Waals surface area contributed by atoms with Crippen LogP contribution >= 0.6 is 0 Å². The number of rotatable bonds is 24. The monoisotopic (exact) mass is 525 g/mol. The lowest BCUT2D eigenvalue weighted by atomic mass is 9.84. The van der Waals surface area contributed by atoms with E-state index in [1.807, 2.05) is 6.92 Å². The molecule has 0 aromatic rings. The van der Waals surface area contributed by atoms with E-state index in [0.29, 0.717) is 19.4 Å². The molecule has 1 aliphatic rings. The van der Waals surface area contributed by atoms with Crippen molar-refractivity contribution in [2.75, 3.05) is 32.8 Å². The van der Waals surface area contributed by atoms with Gasteiger partial charge in [-0.15, -0.1) is 0 Å². The molecule has 1 saturated carbocycles. The molecular weight excluding hydrogens is 466 g/mol. The molecule has 0 saturated heterocycles. The summed E-state index contributed by atoms with van der Waals surface area (Å²) in [7, 11) is 0. The van der Waals surface area contributed by atoms with Gasteiger partial charge in [-0.1, -0.05) is 71.6 Å². The molecule has 0 aromatic carbocycles. The highest BCUT2D eigenvalue weighted by Crippen LogP contribution is 2.30. The number of unbranched alkanes of at least 4 members (excludes halogenated alkanes) is 9. The van der Waals surface area contributed by atoms with E-state index in [4.69, 9.17) is 9.47 Å². The number of esters is 2. The minimum atomic E-state index is -0.0546. The average molecular weight is 526 g/mol. The second-order valence-corrected chi connectivity index (χ2v) is 11.1. The molecule has 0 atom stereocenters. The molecule has 0 radical (unpaired) electrons. The fourth-order valence-electron chi connectivity index (χ4n) is 5.31. The Balaban J connectivity index is 1.98. The Labute approximate surface area is 228 Å². The summed E-state index contributed by atoms with van der Waals surface area (Å²) in [6.45, 7) is 7.77. The second kappa shape index (κ2) is 23.9. The smallest absolute Gasteiger partial charge is 0.306 e. The van der Waals surface area contributed by atoms with Crippen LogP contribution in [-0.2, 0) is 19.1 Å². The van der Waals surface area contributed by atoms with E-state index in [0.717, 1.165) is 83.3 Å². The lowest BCUT2D eigenvalue weighted by Crippen LogP contribution is -2.29. The molecule has 218 valence electrons. The number of aliphatic hydroxyl groups excluding tert-OH is 1. The van der Waals surface area contributed by atoms with E-state index in [1.54, 1.807) is 0 Å². The van der Waals surface area contributed by atoms with Gasteiger partial charge in [0.2, 0.25) is 0 Å². The van der Waals surface area contributed by atoms with Crippen LogP contribution in [0, 0.1) is 5.92 Å². The standard InChI is InChI=1S/C31H59NO5/c1-3-5-16-28-19-21-29(22-20-28)37-31(35)18-13-11-15-24-32(25-26-33)23-14-10-8-6-7-9-12-17-30(34)36-27-4-2/h28-29,33H,3-27H2,1-2H3.